The number of aromatic nitrogens is 2. The minimum atomic E-state index is -0.380. The Labute approximate surface area is 183 Å². The number of hydrogen-bond donors (Lipinski definition) is 3. The van der Waals surface area contributed by atoms with E-state index in [2.05, 4.69) is 25.9 Å². The molecule has 0 aliphatic heterocycles. The van der Waals surface area contributed by atoms with E-state index in [1.54, 1.807) is 23.6 Å². The summed E-state index contributed by atoms with van der Waals surface area (Å²) in [4.78, 5) is 33.2. The molecule has 3 N–H and O–H groups in total. The number of amides is 3. The third-order valence-electron chi connectivity index (χ3n) is 4.52. The Morgan fingerprint density at radius 2 is 1.77 bits per heavy atom. The van der Waals surface area contributed by atoms with Crippen molar-refractivity contribution in [1.82, 2.24) is 15.3 Å². The molecular formula is C23H21N5O2S. The van der Waals surface area contributed by atoms with Gasteiger partial charge in [0.15, 0.2) is 0 Å². The summed E-state index contributed by atoms with van der Waals surface area (Å²) in [5.74, 6) is 0.274. The Kier molecular flexibility index (Phi) is 6.18. The average molecular weight is 432 g/mol. The average Bonchev–Trinajstić information content (AvgIpc) is 3.20. The van der Waals surface area contributed by atoms with Crippen LogP contribution in [0.15, 0.2) is 66.9 Å². The Morgan fingerprint density at radius 3 is 2.58 bits per heavy atom. The number of para-hydroxylation sites is 2. The summed E-state index contributed by atoms with van der Waals surface area (Å²) >= 11 is 1.57. The van der Waals surface area contributed by atoms with Crippen molar-refractivity contribution < 1.29 is 9.59 Å². The van der Waals surface area contributed by atoms with Crippen LogP contribution in [0.4, 0.5) is 16.3 Å². The zero-order chi connectivity index (χ0) is 21.6. The van der Waals surface area contributed by atoms with Gasteiger partial charge in [-0.05, 0) is 42.8 Å². The molecule has 7 nitrogen and oxygen atoms in total. The highest BCUT2D eigenvalue weighted by molar-refractivity contribution is 7.21. The summed E-state index contributed by atoms with van der Waals surface area (Å²) in [7, 11) is 0. The van der Waals surface area contributed by atoms with E-state index < -0.39 is 0 Å². The molecule has 0 unspecified atom stereocenters. The lowest BCUT2D eigenvalue weighted by Crippen LogP contribution is -2.31. The quantitative estimate of drug-likeness (QED) is 0.408. The third kappa shape index (κ3) is 5.23. The summed E-state index contributed by atoms with van der Waals surface area (Å²) in [6, 6.07) is 18.7. The maximum absolute atomic E-state index is 12.4. The standard InChI is InChI=1S/C23H21N5O2S/c1-15-10-11-20(25-14-15)28-21(29)12-13-24-23(30)27-17-7-3-2-6-16(17)22-26-18-8-4-5-9-19(18)31-22/h2-11,14H,12-13H2,1H3,(H2,24,27,30)(H,25,28,29). The van der Waals surface area contributed by atoms with Crippen molar-refractivity contribution >= 4 is 45.0 Å². The molecule has 0 saturated heterocycles. The summed E-state index contributed by atoms with van der Waals surface area (Å²) < 4.78 is 1.09. The number of hydrogen-bond acceptors (Lipinski definition) is 5. The number of nitrogens with zero attached hydrogens (tertiary/aromatic N) is 2. The Balaban J connectivity index is 1.34. The Morgan fingerprint density at radius 1 is 0.968 bits per heavy atom. The zero-order valence-electron chi connectivity index (χ0n) is 16.9. The molecule has 156 valence electrons. The van der Waals surface area contributed by atoms with E-state index in [0.717, 1.165) is 26.4 Å². The summed E-state index contributed by atoms with van der Waals surface area (Å²) in [5, 5.41) is 9.11. The number of anilines is 2. The Hall–Kier alpha value is -3.78. The molecule has 2 aromatic carbocycles. The highest BCUT2D eigenvalue weighted by atomic mass is 32.1. The molecule has 8 heteroatoms. The predicted molar refractivity (Wildman–Crippen MR) is 124 cm³/mol. The number of aryl methyl sites for hydroxylation is 1. The van der Waals surface area contributed by atoms with Crippen LogP contribution in [-0.2, 0) is 4.79 Å². The molecular weight excluding hydrogens is 410 g/mol. The minimum Gasteiger partial charge on any atom is -0.337 e. The molecule has 31 heavy (non-hydrogen) atoms. The van der Waals surface area contributed by atoms with Gasteiger partial charge in [0.25, 0.3) is 0 Å². The van der Waals surface area contributed by atoms with Gasteiger partial charge in [-0.1, -0.05) is 30.3 Å². The fourth-order valence-corrected chi connectivity index (χ4v) is 3.97. The van der Waals surface area contributed by atoms with Crippen LogP contribution in [0.1, 0.15) is 12.0 Å². The third-order valence-corrected chi connectivity index (χ3v) is 5.59. The van der Waals surface area contributed by atoms with Crippen molar-refractivity contribution in [3.05, 3.63) is 72.4 Å². The first-order chi connectivity index (χ1) is 15.1. The largest absolute Gasteiger partial charge is 0.337 e. The van der Waals surface area contributed by atoms with E-state index in [1.165, 1.54) is 0 Å². The van der Waals surface area contributed by atoms with E-state index >= 15 is 0 Å². The fourth-order valence-electron chi connectivity index (χ4n) is 2.97. The molecule has 2 aromatic heterocycles. The van der Waals surface area contributed by atoms with Crippen molar-refractivity contribution in [2.75, 3.05) is 17.2 Å². The molecule has 0 saturated carbocycles. The van der Waals surface area contributed by atoms with Crippen molar-refractivity contribution in [3.8, 4) is 10.6 Å². The van der Waals surface area contributed by atoms with Crippen LogP contribution in [0.2, 0.25) is 0 Å². The van der Waals surface area contributed by atoms with Gasteiger partial charge in [0.05, 0.1) is 15.9 Å². The minimum absolute atomic E-state index is 0.141. The summed E-state index contributed by atoms with van der Waals surface area (Å²) in [6.45, 7) is 2.13. The van der Waals surface area contributed by atoms with Gasteiger partial charge in [-0.15, -0.1) is 11.3 Å². The van der Waals surface area contributed by atoms with E-state index in [4.69, 9.17) is 0 Å². The molecule has 4 aromatic rings. The van der Waals surface area contributed by atoms with Crippen molar-refractivity contribution in [3.63, 3.8) is 0 Å². The van der Waals surface area contributed by atoms with Crippen LogP contribution in [0.5, 0.6) is 0 Å². The number of rotatable bonds is 6. The second-order valence-electron chi connectivity index (χ2n) is 6.93. The first kappa shape index (κ1) is 20.5. The van der Waals surface area contributed by atoms with Crippen molar-refractivity contribution in [2.45, 2.75) is 13.3 Å². The van der Waals surface area contributed by atoms with Crippen LogP contribution in [0, 0.1) is 6.92 Å². The molecule has 3 amide bonds. The molecule has 0 aliphatic carbocycles. The van der Waals surface area contributed by atoms with E-state index in [-0.39, 0.29) is 24.9 Å². The Bertz CT molecular complexity index is 1190. The maximum atomic E-state index is 12.4. The second kappa shape index (κ2) is 9.36. The number of thiazole rings is 1. The second-order valence-corrected chi connectivity index (χ2v) is 7.96. The molecule has 2 heterocycles. The normalized spacial score (nSPS) is 10.6. The molecule has 0 spiro atoms. The number of benzene rings is 2. The van der Waals surface area contributed by atoms with E-state index in [1.807, 2.05) is 61.5 Å². The van der Waals surface area contributed by atoms with Gasteiger partial charge >= 0.3 is 6.03 Å². The lowest BCUT2D eigenvalue weighted by molar-refractivity contribution is -0.116. The summed E-state index contributed by atoms with van der Waals surface area (Å²) in [6.07, 6.45) is 1.83. The fraction of sp³-hybridized carbons (Fsp3) is 0.130. The van der Waals surface area contributed by atoms with Gasteiger partial charge in [0.1, 0.15) is 10.8 Å². The first-order valence-electron chi connectivity index (χ1n) is 9.81. The van der Waals surface area contributed by atoms with Crippen LogP contribution in [-0.4, -0.2) is 28.5 Å². The topological polar surface area (TPSA) is 96.0 Å². The highest BCUT2D eigenvalue weighted by Gasteiger charge is 2.12. The number of carbonyl (C=O) groups excluding carboxylic acids is 2. The molecule has 0 fully saturated rings. The van der Waals surface area contributed by atoms with E-state index in [9.17, 15) is 9.59 Å². The van der Waals surface area contributed by atoms with Crippen LogP contribution in [0.25, 0.3) is 20.8 Å². The van der Waals surface area contributed by atoms with Gasteiger partial charge in [-0.3, -0.25) is 4.79 Å². The monoisotopic (exact) mass is 431 g/mol. The van der Waals surface area contributed by atoms with Gasteiger partial charge in [0.2, 0.25) is 5.91 Å². The number of fused-ring (bicyclic) bond motifs is 1. The number of carbonyl (C=O) groups is 2. The SMILES string of the molecule is Cc1ccc(NC(=O)CCNC(=O)Nc2ccccc2-c2nc3ccccc3s2)nc1. The van der Waals surface area contributed by atoms with Gasteiger partial charge < -0.3 is 16.0 Å². The van der Waals surface area contributed by atoms with Crippen molar-refractivity contribution in [1.29, 1.82) is 0 Å². The molecule has 0 radical (unpaired) electrons. The highest BCUT2D eigenvalue weighted by Crippen LogP contribution is 2.34. The van der Waals surface area contributed by atoms with Gasteiger partial charge in [-0.25, -0.2) is 14.8 Å². The van der Waals surface area contributed by atoms with Crippen LogP contribution >= 0.6 is 11.3 Å². The number of pyridine rings is 1. The molecule has 0 atom stereocenters. The lowest BCUT2D eigenvalue weighted by atomic mass is 10.2. The molecule has 4 rings (SSSR count). The van der Waals surface area contributed by atoms with Crippen LogP contribution < -0.4 is 16.0 Å². The lowest BCUT2D eigenvalue weighted by Gasteiger charge is -2.10. The van der Waals surface area contributed by atoms with E-state index in [0.29, 0.717) is 11.5 Å². The van der Waals surface area contributed by atoms with Crippen molar-refractivity contribution in [2.24, 2.45) is 0 Å². The molecule has 0 aliphatic rings. The maximum Gasteiger partial charge on any atom is 0.319 e. The smallest absolute Gasteiger partial charge is 0.319 e. The number of urea groups is 1. The predicted octanol–water partition coefficient (Wildman–Crippen LogP) is 4.82. The van der Waals surface area contributed by atoms with Crippen LogP contribution in [0.3, 0.4) is 0 Å². The first-order valence-corrected chi connectivity index (χ1v) is 10.6. The summed E-state index contributed by atoms with van der Waals surface area (Å²) in [5.41, 5.74) is 3.45. The number of nitrogens with one attached hydrogen (secondary N) is 3. The molecule has 0 bridgehead atoms. The zero-order valence-corrected chi connectivity index (χ0v) is 17.7. The van der Waals surface area contributed by atoms with Gasteiger partial charge in [0, 0.05) is 24.7 Å². The van der Waals surface area contributed by atoms with Gasteiger partial charge in [-0.2, -0.15) is 0 Å².